The lowest BCUT2D eigenvalue weighted by Gasteiger charge is -2.38. The molecule has 2 nitrogen and oxygen atoms in total. The number of nitrogens with zero attached hydrogens (tertiary/aromatic N) is 2. The molecule has 0 radical (unpaired) electrons. The molecule has 182 valence electrons. The van der Waals surface area contributed by atoms with E-state index in [1.54, 1.807) is 0 Å². The van der Waals surface area contributed by atoms with Gasteiger partial charge in [-0.3, -0.25) is 0 Å². The Morgan fingerprint density at radius 3 is 1.47 bits per heavy atom. The van der Waals surface area contributed by atoms with Crippen LogP contribution in [-0.4, -0.2) is 17.0 Å². The lowest BCUT2D eigenvalue weighted by atomic mass is 9.76. The number of hydrogen-bond acceptors (Lipinski definition) is 1. The smallest absolute Gasteiger partial charge is 0.225 e. The van der Waals surface area contributed by atoms with E-state index in [-0.39, 0.29) is 6.04 Å². The van der Waals surface area contributed by atoms with Crippen molar-refractivity contribution in [2.24, 2.45) is 0 Å². The molecule has 4 aromatic rings. The zero-order valence-corrected chi connectivity index (χ0v) is 22.6. The number of hydrogen-bond donors (Lipinski definition) is 0. The Morgan fingerprint density at radius 1 is 0.611 bits per heavy atom. The van der Waals surface area contributed by atoms with Gasteiger partial charge >= 0.3 is 0 Å². The van der Waals surface area contributed by atoms with Crippen LogP contribution < -0.4 is 4.90 Å². The monoisotopic (exact) mass is 473 g/mol. The van der Waals surface area contributed by atoms with E-state index >= 15 is 0 Å². The summed E-state index contributed by atoms with van der Waals surface area (Å²) in [7, 11) is 0. The SMILES string of the molecule is Cc1cc(C)c(N2C=[N+](c3c(C)cc(C)cc3C)C(C)C2(c2ccccc2)c2ccccc2)c(C)c1. The van der Waals surface area contributed by atoms with Gasteiger partial charge in [0.2, 0.25) is 11.9 Å². The van der Waals surface area contributed by atoms with Crippen molar-refractivity contribution in [2.75, 3.05) is 4.90 Å². The van der Waals surface area contributed by atoms with Crippen LogP contribution in [0.1, 0.15) is 51.4 Å². The topological polar surface area (TPSA) is 6.25 Å². The average Bonchev–Trinajstić information content (AvgIpc) is 3.12. The predicted molar refractivity (Wildman–Crippen MR) is 153 cm³/mol. The first kappa shape index (κ1) is 24.1. The van der Waals surface area contributed by atoms with Gasteiger partial charge in [0.05, 0.1) is 0 Å². The molecule has 0 bridgehead atoms. The van der Waals surface area contributed by atoms with Crippen LogP contribution in [0.4, 0.5) is 11.4 Å². The van der Waals surface area contributed by atoms with Crippen molar-refractivity contribution in [1.82, 2.24) is 0 Å². The highest BCUT2D eigenvalue weighted by Gasteiger charge is 2.58. The molecule has 1 heterocycles. The fourth-order valence-electron chi connectivity index (χ4n) is 6.65. The summed E-state index contributed by atoms with van der Waals surface area (Å²) in [5, 5.41) is 0. The molecule has 0 aliphatic carbocycles. The first-order valence-corrected chi connectivity index (χ1v) is 12.9. The highest BCUT2D eigenvalue weighted by molar-refractivity contribution is 5.87. The Balaban J connectivity index is 1.89. The summed E-state index contributed by atoms with van der Waals surface area (Å²) >= 11 is 0. The zero-order chi connectivity index (χ0) is 25.6. The van der Waals surface area contributed by atoms with E-state index in [2.05, 4.69) is 149 Å². The van der Waals surface area contributed by atoms with E-state index in [9.17, 15) is 0 Å². The summed E-state index contributed by atoms with van der Waals surface area (Å²) in [4.78, 5) is 2.56. The minimum atomic E-state index is -0.406. The Hall–Kier alpha value is -3.65. The Kier molecular flexibility index (Phi) is 6.08. The third-order valence-electron chi connectivity index (χ3n) is 7.84. The van der Waals surface area contributed by atoms with Gasteiger partial charge in [-0.05, 0) is 70.7 Å². The quantitative estimate of drug-likeness (QED) is 0.272. The maximum absolute atomic E-state index is 2.56. The zero-order valence-electron chi connectivity index (χ0n) is 22.6. The van der Waals surface area contributed by atoms with Crippen LogP contribution in [0.5, 0.6) is 0 Å². The van der Waals surface area contributed by atoms with Gasteiger partial charge in [-0.2, -0.15) is 0 Å². The summed E-state index contributed by atoms with van der Waals surface area (Å²) in [5.74, 6) is 0. The number of aryl methyl sites for hydroxylation is 6. The van der Waals surface area contributed by atoms with E-state index in [4.69, 9.17) is 0 Å². The molecule has 0 aromatic heterocycles. The van der Waals surface area contributed by atoms with E-state index in [1.807, 2.05) is 0 Å². The summed E-state index contributed by atoms with van der Waals surface area (Å²) < 4.78 is 2.52. The molecule has 1 aliphatic heterocycles. The average molecular weight is 474 g/mol. The van der Waals surface area contributed by atoms with Gasteiger partial charge in [-0.25, -0.2) is 9.48 Å². The van der Waals surface area contributed by atoms with E-state index in [0.29, 0.717) is 0 Å². The van der Waals surface area contributed by atoms with E-state index < -0.39 is 5.54 Å². The standard InChI is InChI=1S/C34H37N2/c1-23-18-25(3)32(26(4)19-23)35-22-36(33-27(5)20-24(2)21-28(33)6)34(29(35)7,30-14-10-8-11-15-30)31-16-12-9-13-17-31/h8-22,29H,1-7H3/q+1. The number of benzene rings is 4. The minimum absolute atomic E-state index is 0.141. The molecular formula is C34H37N2+. The van der Waals surface area contributed by atoms with Crippen LogP contribution in [0.2, 0.25) is 0 Å². The van der Waals surface area contributed by atoms with E-state index in [0.717, 1.165) is 0 Å². The highest BCUT2D eigenvalue weighted by atomic mass is 15.4. The second-order valence-corrected chi connectivity index (χ2v) is 10.6. The molecule has 1 unspecified atom stereocenters. The Labute approximate surface area is 216 Å². The molecular weight excluding hydrogens is 436 g/mol. The summed E-state index contributed by atoms with van der Waals surface area (Å²) in [5.41, 5.74) is 12.6. The molecule has 5 rings (SSSR count). The highest BCUT2D eigenvalue weighted by Crippen LogP contribution is 2.49. The van der Waals surface area contributed by atoms with Crippen LogP contribution in [0, 0.1) is 41.5 Å². The van der Waals surface area contributed by atoms with Crippen molar-refractivity contribution in [3.63, 3.8) is 0 Å². The van der Waals surface area contributed by atoms with E-state index in [1.165, 1.54) is 55.9 Å². The largest absolute Gasteiger partial charge is 0.246 e. The van der Waals surface area contributed by atoms with Gasteiger partial charge in [0, 0.05) is 11.1 Å². The van der Waals surface area contributed by atoms with Crippen LogP contribution in [-0.2, 0) is 5.54 Å². The van der Waals surface area contributed by atoms with Crippen LogP contribution >= 0.6 is 0 Å². The van der Waals surface area contributed by atoms with Gasteiger partial charge < -0.3 is 0 Å². The van der Waals surface area contributed by atoms with Gasteiger partial charge in [-0.1, -0.05) is 96.1 Å². The number of anilines is 1. The second-order valence-electron chi connectivity index (χ2n) is 10.6. The van der Waals surface area contributed by atoms with Crippen LogP contribution in [0.3, 0.4) is 0 Å². The second kappa shape index (κ2) is 9.09. The van der Waals surface area contributed by atoms with Crippen molar-refractivity contribution in [1.29, 1.82) is 0 Å². The van der Waals surface area contributed by atoms with Crippen molar-refractivity contribution in [3.8, 4) is 0 Å². The normalized spacial score (nSPS) is 16.8. The fourth-order valence-corrected chi connectivity index (χ4v) is 6.65. The molecule has 2 heteroatoms. The summed E-state index contributed by atoms with van der Waals surface area (Å²) in [6.45, 7) is 15.7. The van der Waals surface area contributed by atoms with Gasteiger partial charge in [-0.15, -0.1) is 0 Å². The van der Waals surface area contributed by atoms with Gasteiger partial charge in [0.25, 0.3) is 0 Å². The van der Waals surface area contributed by atoms with Crippen molar-refractivity contribution >= 4 is 17.7 Å². The van der Waals surface area contributed by atoms with Crippen LogP contribution in [0.25, 0.3) is 0 Å². The first-order chi connectivity index (χ1) is 17.2. The third kappa shape index (κ3) is 3.67. The van der Waals surface area contributed by atoms with Crippen molar-refractivity contribution in [2.45, 2.75) is 60.0 Å². The molecule has 0 saturated heterocycles. The molecule has 0 fully saturated rings. The van der Waals surface area contributed by atoms with Crippen molar-refractivity contribution < 1.29 is 4.58 Å². The fraction of sp³-hybridized carbons (Fsp3) is 0.265. The lowest BCUT2D eigenvalue weighted by Crippen LogP contribution is -2.50. The molecule has 0 N–H and O–H groups in total. The van der Waals surface area contributed by atoms with Crippen LogP contribution in [0.15, 0.2) is 84.9 Å². The predicted octanol–water partition coefficient (Wildman–Crippen LogP) is 8.06. The molecule has 0 spiro atoms. The maximum atomic E-state index is 2.56. The van der Waals surface area contributed by atoms with Crippen molar-refractivity contribution in [3.05, 3.63) is 129 Å². The number of rotatable bonds is 4. The Morgan fingerprint density at radius 2 is 1.03 bits per heavy atom. The summed E-state index contributed by atoms with van der Waals surface area (Å²) in [6, 6.07) is 31.5. The lowest BCUT2D eigenvalue weighted by molar-refractivity contribution is -0.476. The molecule has 0 saturated carbocycles. The third-order valence-corrected chi connectivity index (χ3v) is 7.84. The summed E-state index contributed by atoms with van der Waals surface area (Å²) in [6.07, 6.45) is 2.38. The molecule has 1 atom stereocenters. The minimum Gasteiger partial charge on any atom is -0.225 e. The molecule has 4 aromatic carbocycles. The maximum Gasteiger partial charge on any atom is 0.246 e. The molecule has 1 aliphatic rings. The molecule has 0 amide bonds. The van der Waals surface area contributed by atoms with Gasteiger partial charge in [0.1, 0.15) is 11.4 Å². The first-order valence-electron chi connectivity index (χ1n) is 12.9. The van der Waals surface area contributed by atoms with Gasteiger partial charge in [0.15, 0.2) is 6.04 Å². The Bertz CT molecular complexity index is 1360. The molecule has 36 heavy (non-hydrogen) atoms.